The van der Waals surface area contributed by atoms with Crippen molar-refractivity contribution < 1.29 is 19.0 Å². The van der Waals surface area contributed by atoms with Crippen LogP contribution in [0.4, 0.5) is 0 Å². The number of methoxy groups -OCH3 is 1. The van der Waals surface area contributed by atoms with Crippen molar-refractivity contribution in [1.82, 2.24) is 5.32 Å². The van der Waals surface area contributed by atoms with Gasteiger partial charge in [0.25, 0.3) is 5.91 Å². The van der Waals surface area contributed by atoms with Gasteiger partial charge in [-0.15, -0.1) is 0 Å². The molecule has 27 heavy (non-hydrogen) atoms. The summed E-state index contributed by atoms with van der Waals surface area (Å²) in [6, 6.07) is 13.2. The Bertz CT molecular complexity index is 736. The van der Waals surface area contributed by atoms with Crippen LogP contribution in [0.1, 0.15) is 42.3 Å². The maximum absolute atomic E-state index is 12.3. The van der Waals surface area contributed by atoms with E-state index in [1.54, 1.807) is 12.1 Å². The van der Waals surface area contributed by atoms with Gasteiger partial charge in [0.1, 0.15) is 0 Å². The molecule has 2 aromatic carbocycles. The number of benzene rings is 2. The number of hydrogen-bond acceptors (Lipinski definition) is 4. The van der Waals surface area contributed by atoms with Crippen LogP contribution in [-0.2, 0) is 4.74 Å². The van der Waals surface area contributed by atoms with E-state index in [1.807, 2.05) is 44.2 Å². The van der Waals surface area contributed by atoms with Crippen LogP contribution in [-0.4, -0.2) is 32.8 Å². The van der Waals surface area contributed by atoms with Gasteiger partial charge < -0.3 is 19.5 Å². The second-order valence-corrected chi connectivity index (χ2v) is 6.36. The highest BCUT2D eigenvalue weighted by Crippen LogP contribution is 2.36. The minimum atomic E-state index is -0.214. The molecule has 0 aliphatic heterocycles. The van der Waals surface area contributed by atoms with Gasteiger partial charge in [-0.2, -0.15) is 0 Å². The number of halogens is 1. The third kappa shape index (κ3) is 6.15. The predicted molar refractivity (Wildman–Crippen MR) is 107 cm³/mol. The highest BCUT2D eigenvalue weighted by atomic mass is 35.5. The summed E-state index contributed by atoms with van der Waals surface area (Å²) in [5, 5.41) is 3.22. The zero-order valence-electron chi connectivity index (χ0n) is 16.0. The van der Waals surface area contributed by atoms with Crippen LogP contribution in [0.15, 0.2) is 42.5 Å². The second-order valence-electron chi connectivity index (χ2n) is 5.96. The summed E-state index contributed by atoms with van der Waals surface area (Å²) < 4.78 is 16.5. The smallest absolute Gasteiger partial charge is 0.251 e. The summed E-state index contributed by atoms with van der Waals surface area (Å²) in [6.45, 7) is 5.40. The minimum Gasteiger partial charge on any atom is -0.493 e. The van der Waals surface area contributed by atoms with Gasteiger partial charge in [-0.05, 0) is 38.0 Å². The Morgan fingerprint density at radius 1 is 1.22 bits per heavy atom. The minimum absolute atomic E-state index is 0.0241. The van der Waals surface area contributed by atoms with E-state index in [1.165, 1.54) is 7.11 Å². The molecular formula is C21H26ClNO4. The summed E-state index contributed by atoms with van der Waals surface area (Å²) in [6.07, 6.45) is 0.737. The van der Waals surface area contributed by atoms with Crippen LogP contribution in [0.2, 0.25) is 5.02 Å². The van der Waals surface area contributed by atoms with Crippen molar-refractivity contribution in [1.29, 1.82) is 0 Å². The van der Waals surface area contributed by atoms with E-state index >= 15 is 0 Å². The molecular weight excluding hydrogens is 366 g/mol. The van der Waals surface area contributed by atoms with Crippen molar-refractivity contribution in [3.63, 3.8) is 0 Å². The normalized spacial score (nSPS) is 11.7. The Balaban J connectivity index is 1.81. The molecule has 0 radical (unpaired) electrons. The molecule has 0 aliphatic carbocycles. The Kier molecular flexibility index (Phi) is 8.43. The van der Waals surface area contributed by atoms with Gasteiger partial charge in [-0.25, -0.2) is 0 Å². The lowest BCUT2D eigenvalue weighted by molar-refractivity contribution is 0.0635. The van der Waals surface area contributed by atoms with Crippen LogP contribution < -0.4 is 14.8 Å². The van der Waals surface area contributed by atoms with E-state index in [0.717, 1.165) is 5.56 Å². The van der Waals surface area contributed by atoms with E-state index in [4.69, 9.17) is 25.8 Å². The molecule has 0 heterocycles. The third-order valence-corrected chi connectivity index (χ3v) is 4.30. The fourth-order valence-electron chi connectivity index (χ4n) is 2.59. The highest BCUT2D eigenvalue weighted by molar-refractivity contribution is 6.32. The second kappa shape index (κ2) is 10.8. The molecule has 1 unspecified atom stereocenters. The fourth-order valence-corrected chi connectivity index (χ4v) is 2.86. The van der Waals surface area contributed by atoms with Gasteiger partial charge in [-0.3, -0.25) is 4.79 Å². The molecule has 0 saturated heterocycles. The van der Waals surface area contributed by atoms with E-state index < -0.39 is 0 Å². The quantitative estimate of drug-likeness (QED) is 0.599. The van der Waals surface area contributed by atoms with Crippen molar-refractivity contribution >= 4 is 17.5 Å². The van der Waals surface area contributed by atoms with E-state index in [-0.39, 0.29) is 12.0 Å². The Hall–Kier alpha value is -2.24. The molecule has 6 heteroatoms. The van der Waals surface area contributed by atoms with Crippen LogP contribution in [0, 0.1) is 0 Å². The summed E-state index contributed by atoms with van der Waals surface area (Å²) in [4.78, 5) is 12.3. The Labute approximate surface area is 165 Å². The lowest BCUT2D eigenvalue weighted by atomic mass is 10.1. The zero-order chi connectivity index (χ0) is 19.6. The topological polar surface area (TPSA) is 56.8 Å². The average molecular weight is 392 g/mol. The molecule has 0 spiro atoms. The Morgan fingerprint density at radius 3 is 2.63 bits per heavy atom. The lowest BCUT2D eigenvalue weighted by Gasteiger charge is -2.14. The first kappa shape index (κ1) is 21.1. The standard InChI is InChI=1S/C21H26ClNO4/c1-4-26-20-18(22)13-17(14-19(20)25-3)21(24)23-11-8-12-27-15(2)16-9-6-5-7-10-16/h5-7,9-10,13-15H,4,8,11-12H2,1-3H3,(H,23,24). The number of nitrogens with one attached hydrogen (secondary N) is 1. The van der Waals surface area contributed by atoms with Crippen molar-refractivity contribution in [2.75, 3.05) is 26.9 Å². The third-order valence-electron chi connectivity index (χ3n) is 4.02. The van der Waals surface area contributed by atoms with Crippen molar-refractivity contribution in [2.24, 2.45) is 0 Å². The molecule has 1 atom stereocenters. The van der Waals surface area contributed by atoms with Gasteiger partial charge in [0.2, 0.25) is 0 Å². The van der Waals surface area contributed by atoms with Crippen LogP contribution in [0.5, 0.6) is 11.5 Å². The summed E-state index contributed by atoms with van der Waals surface area (Å²) in [5.74, 6) is 0.672. The largest absolute Gasteiger partial charge is 0.493 e. The number of carbonyl (C=O) groups is 1. The number of rotatable bonds is 10. The van der Waals surface area contributed by atoms with E-state index in [2.05, 4.69) is 5.32 Å². The van der Waals surface area contributed by atoms with Gasteiger partial charge >= 0.3 is 0 Å². The monoisotopic (exact) mass is 391 g/mol. The fraction of sp³-hybridized carbons (Fsp3) is 0.381. The van der Waals surface area contributed by atoms with Crippen molar-refractivity contribution in [3.05, 3.63) is 58.6 Å². The van der Waals surface area contributed by atoms with Gasteiger partial charge in [0.15, 0.2) is 11.5 Å². The molecule has 1 amide bonds. The van der Waals surface area contributed by atoms with Gasteiger partial charge in [-0.1, -0.05) is 41.9 Å². The first-order valence-electron chi connectivity index (χ1n) is 9.01. The molecule has 1 N–H and O–H groups in total. The summed E-state index contributed by atoms with van der Waals surface area (Å²) in [5.41, 5.74) is 1.57. The number of hydrogen-bond donors (Lipinski definition) is 1. The number of carbonyl (C=O) groups excluding carboxylic acids is 1. The average Bonchev–Trinajstić information content (AvgIpc) is 2.69. The number of ether oxygens (including phenoxy) is 3. The molecule has 0 saturated carbocycles. The van der Waals surface area contributed by atoms with E-state index in [0.29, 0.717) is 48.3 Å². The SMILES string of the molecule is CCOc1c(Cl)cc(C(=O)NCCCOC(C)c2ccccc2)cc1OC. The van der Waals surface area contributed by atoms with Crippen LogP contribution in [0.25, 0.3) is 0 Å². The maximum atomic E-state index is 12.3. The maximum Gasteiger partial charge on any atom is 0.251 e. The first-order chi connectivity index (χ1) is 13.1. The molecule has 0 bridgehead atoms. The van der Waals surface area contributed by atoms with Gasteiger partial charge in [0, 0.05) is 18.7 Å². The van der Waals surface area contributed by atoms with Crippen LogP contribution in [0.3, 0.4) is 0 Å². The molecule has 5 nitrogen and oxygen atoms in total. The van der Waals surface area contributed by atoms with Crippen molar-refractivity contribution in [3.8, 4) is 11.5 Å². The molecule has 2 rings (SSSR count). The molecule has 2 aromatic rings. The first-order valence-corrected chi connectivity index (χ1v) is 9.39. The molecule has 146 valence electrons. The molecule has 0 aromatic heterocycles. The van der Waals surface area contributed by atoms with Gasteiger partial charge in [0.05, 0.1) is 24.8 Å². The zero-order valence-corrected chi connectivity index (χ0v) is 16.7. The highest BCUT2D eigenvalue weighted by Gasteiger charge is 2.15. The van der Waals surface area contributed by atoms with E-state index in [9.17, 15) is 4.79 Å². The molecule has 0 aliphatic rings. The summed E-state index contributed by atoms with van der Waals surface area (Å²) in [7, 11) is 1.51. The lowest BCUT2D eigenvalue weighted by Crippen LogP contribution is -2.25. The Morgan fingerprint density at radius 2 is 1.96 bits per heavy atom. The predicted octanol–water partition coefficient (Wildman–Crippen LogP) is 4.65. The summed E-state index contributed by atoms with van der Waals surface area (Å²) >= 11 is 6.21. The van der Waals surface area contributed by atoms with Crippen molar-refractivity contribution in [2.45, 2.75) is 26.4 Å². The van der Waals surface area contributed by atoms with Crippen LogP contribution >= 0.6 is 11.6 Å². The number of amides is 1. The molecule has 0 fully saturated rings.